The molecule has 0 saturated carbocycles. The van der Waals surface area contributed by atoms with Gasteiger partial charge in [-0.15, -0.1) is 0 Å². The van der Waals surface area contributed by atoms with E-state index in [-0.39, 0.29) is 13.2 Å². The van der Waals surface area contributed by atoms with Gasteiger partial charge in [-0.3, -0.25) is 4.90 Å². The molecule has 0 amide bonds. The summed E-state index contributed by atoms with van der Waals surface area (Å²) in [6, 6.07) is 16.7. The Morgan fingerprint density at radius 3 is 1.72 bits per heavy atom. The van der Waals surface area contributed by atoms with Crippen molar-refractivity contribution in [2.45, 2.75) is 38.9 Å². The highest BCUT2D eigenvalue weighted by atomic mass is 16.3. The molecular weight excluding hydrogens is 310 g/mol. The third-order valence-corrected chi connectivity index (χ3v) is 4.84. The van der Waals surface area contributed by atoms with Crippen molar-refractivity contribution < 1.29 is 10.2 Å². The lowest BCUT2D eigenvalue weighted by atomic mass is 9.99. The van der Waals surface area contributed by atoms with E-state index in [1.807, 2.05) is 25.1 Å². The summed E-state index contributed by atoms with van der Waals surface area (Å²) in [6.45, 7) is 8.95. The van der Waals surface area contributed by atoms with Crippen LogP contribution in [-0.4, -0.2) is 33.9 Å². The topological polar surface area (TPSA) is 43.7 Å². The van der Waals surface area contributed by atoms with Crippen LogP contribution in [0.2, 0.25) is 0 Å². The van der Waals surface area contributed by atoms with E-state index in [0.29, 0.717) is 13.1 Å². The Hall–Kier alpha value is -1.94. The van der Waals surface area contributed by atoms with E-state index in [4.69, 9.17) is 0 Å². The van der Waals surface area contributed by atoms with Crippen LogP contribution in [0.1, 0.15) is 36.1 Å². The van der Waals surface area contributed by atoms with Gasteiger partial charge in [-0.05, 0) is 35.6 Å². The lowest BCUT2D eigenvalue weighted by Crippen LogP contribution is -2.51. The lowest BCUT2D eigenvalue weighted by Gasteiger charge is -2.39. The predicted molar refractivity (Wildman–Crippen MR) is 104 cm³/mol. The first-order valence-corrected chi connectivity index (χ1v) is 8.80. The van der Waals surface area contributed by atoms with Gasteiger partial charge in [-0.1, -0.05) is 68.1 Å². The maximum absolute atomic E-state index is 9.86. The van der Waals surface area contributed by atoms with Gasteiger partial charge in [0.1, 0.15) is 0 Å². The molecule has 25 heavy (non-hydrogen) atoms. The van der Waals surface area contributed by atoms with Crippen LogP contribution >= 0.6 is 0 Å². The van der Waals surface area contributed by atoms with Gasteiger partial charge in [-0.2, -0.15) is 0 Å². The second kappa shape index (κ2) is 8.95. The number of benzene rings is 2. The monoisotopic (exact) mass is 339 g/mol. The first-order chi connectivity index (χ1) is 12.0. The Morgan fingerprint density at radius 2 is 1.32 bits per heavy atom. The maximum Gasteiger partial charge on any atom is 0.0650 e. The van der Waals surface area contributed by atoms with Gasteiger partial charge >= 0.3 is 0 Å². The maximum atomic E-state index is 9.86. The quantitative estimate of drug-likeness (QED) is 0.733. The van der Waals surface area contributed by atoms with Crippen molar-refractivity contribution >= 4 is 6.08 Å². The molecule has 2 N–H and O–H groups in total. The second-order valence-electron chi connectivity index (χ2n) is 6.78. The van der Waals surface area contributed by atoms with Crippen molar-refractivity contribution in [1.82, 2.24) is 4.90 Å². The minimum atomic E-state index is -0.680. The van der Waals surface area contributed by atoms with Crippen LogP contribution < -0.4 is 0 Å². The summed E-state index contributed by atoms with van der Waals surface area (Å²) in [5.41, 5.74) is 4.03. The largest absolute Gasteiger partial charge is 0.394 e. The summed E-state index contributed by atoms with van der Waals surface area (Å²) in [6.07, 6.45) is 2.84. The highest BCUT2D eigenvalue weighted by molar-refractivity contribution is 5.47. The van der Waals surface area contributed by atoms with Crippen LogP contribution in [0.25, 0.3) is 6.08 Å². The first-order valence-electron chi connectivity index (χ1n) is 8.80. The fourth-order valence-corrected chi connectivity index (χ4v) is 2.77. The zero-order valence-electron chi connectivity index (χ0n) is 15.3. The molecule has 3 heteroatoms. The highest BCUT2D eigenvalue weighted by Gasteiger charge is 2.30. The van der Waals surface area contributed by atoms with Crippen LogP contribution in [-0.2, 0) is 19.5 Å². The molecule has 0 spiro atoms. The smallest absolute Gasteiger partial charge is 0.0650 e. The van der Waals surface area contributed by atoms with Crippen LogP contribution in [0.4, 0.5) is 0 Å². The third kappa shape index (κ3) is 5.02. The summed E-state index contributed by atoms with van der Waals surface area (Å²) in [5, 5.41) is 19.7. The van der Waals surface area contributed by atoms with Crippen LogP contribution in [0.3, 0.4) is 0 Å². The first kappa shape index (κ1) is 19.4. The van der Waals surface area contributed by atoms with E-state index in [2.05, 4.69) is 54.8 Å². The molecule has 0 aliphatic rings. The molecule has 2 aromatic carbocycles. The van der Waals surface area contributed by atoms with Gasteiger partial charge in [0.25, 0.3) is 0 Å². The summed E-state index contributed by atoms with van der Waals surface area (Å²) < 4.78 is 0. The fraction of sp³-hybridized carbons (Fsp3) is 0.364. The normalized spacial score (nSPS) is 11.7. The highest BCUT2D eigenvalue weighted by Crippen LogP contribution is 2.22. The molecule has 2 aromatic rings. The molecule has 0 radical (unpaired) electrons. The van der Waals surface area contributed by atoms with Crippen molar-refractivity contribution in [3.05, 3.63) is 77.4 Å². The van der Waals surface area contributed by atoms with E-state index in [0.717, 1.165) is 17.5 Å². The van der Waals surface area contributed by atoms with Gasteiger partial charge in [0.15, 0.2) is 0 Å². The van der Waals surface area contributed by atoms with Gasteiger partial charge in [0.05, 0.1) is 18.8 Å². The summed E-state index contributed by atoms with van der Waals surface area (Å²) in [5.74, 6) is 0. The van der Waals surface area contributed by atoms with E-state index >= 15 is 0 Å². The Kier molecular flexibility index (Phi) is 6.94. The molecule has 0 fully saturated rings. The number of aliphatic hydroxyl groups is 2. The zero-order chi connectivity index (χ0) is 18.3. The Labute approximate surface area is 151 Å². The van der Waals surface area contributed by atoms with Gasteiger partial charge in [0, 0.05) is 13.1 Å². The van der Waals surface area contributed by atoms with Crippen molar-refractivity contribution in [3.8, 4) is 0 Å². The van der Waals surface area contributed by atoms with E-state index in [1.165, 1.54) is 11.1 Å². The van der Waals surface area contributed by atoms with Crippen LogP contribution in [0.5, 0.6) is 0 Å². The summed E-state index contributed by atoms with van der Waals surface area (Å²) in [7, 11) is 0. The van der Waals surface area contributed by atoms with Crippen molar-refractivity contribution in [1.29, 1.82) is 0 Å². The molecule has 0 bridgehead atoms. The number of hydrogen-bond acceptors (Lipinski definition) is 3. The molecule has 0 atom stereocenters. The van der Waals surface area contributed by atoms with Crippen LogP contribution in [0.15, 0.2) is 55.1 Å². The van der Waals surface area contributed by atoms with Gasteiger partial charge in [-0.25, -0.2) is 0 Å². The summed E-state index contributed by atoms with van der Waals surface area (Å²) >= 11 is 0. The number of aryl methyl sites for hydroxylation is 1. The molecule has 0 unspecified atom stereocenters. The second-order valence-corrected chi connectivity index (χ2v) is 6.78. The standard InChI is InChI=1S/C22H29NO2/c1-4-18-6-10-20(11-7-18)14-23(22(3,16-24)17-25)15-21-12-8-19(5-2)9-13-21/h4,6-13,24-25H,1,5,14-17H2,2-3H3. The molecular formula is C22H29NO2. The molecule has 134 valence electrons. The van der Waals surface area contributed by atoms with E-state index < -0.39 is 5.54 Å². The molecule has 0 aliphatic heterocycles. The van der Waals surface area contributed by atoms with Gasteiger partial charge in [0.2, 0.25) is 0 Å². The fourth-order valence-electron chi connectivity index (χ4n) is 2.77. The Morgan fingerprint density at radius 1 is 0.880 bits per heavy atom. The zero-order valence-corrected chi connectivity index (χ0v) is 15.3. The Bertz CT molecular complexity index is 657. The van der Waals surface area contributed by atoms with Gasteiger partial charge < -0.3 is 10.2 Å². The molecule has 0 saturated heterocycles. The van der Waals surface area contributed by atoms with E-state index in [9.17, 15) is 10.2 Å². The van der Waals surface area contributed by atoms with Crippen molar-refractivity contribution in [3.63, 3.8) is 0 Å². The summed E-state index contributed by atoms with van der Waals surface area (Å²) in [4.78, 5) is 2.14. The number of hydrogen-bond donors (Lipinski definition) is 2. The minimum absolute atomic E-state index is 0.0959. The number of nitrogens with zero attached hydrogens (tertiary/aromatic N) is 1. The molecule has 3 nitrogen and oxygen atoms in total. The van der Waals surface area contributed by atoms with Crippen molar-refractivity contribution in [2.75, 3.05) is 13.2 Å². The molecule has 0 aliphatic carbocycles. The minimum Gasteiger partial charge on any atom is -0.394 e. The molecule has 0 aromatic heterocycles. The van der Waals surface area contributed by atoms with Crippen LogP contribution in [0, 0.1) is 0 Å². The average molecular weight is 339 g/mol. The van der Waals surface area contributed by atoms with E-state index in [1.54, 1.807) is 0 Å². The predicted octanol–water partition coefficient (Wildman–Crippen LogP) is 3.64. The third-order valence-electron chi connectivity index (χ3n) is 4.84. The Balaban J connectivity index is 2.23. The molecule has 2 rings (SSSR count). The number of aliphatic hydroxyl groups excluding tert-OH is 2. The molecule has 0 heterocycles. The average Bonchev–Trinajstić information content (AvgIpc) is 2.68. The van der Waals surface area contributed by atoms with Crippen molar-refractivity contribution in [2.24, 2.45) is 0 Å². The SMILES string of the molecule is C=Cc1ccc(CN(Cc2ccc(CC)cc2)C(C)(CO)CO)cc1. The lowest BCUT2D eigenvalue weighted by molar-refractivity contribution is -0.0114. The number of rotatable bonds is 9.